The molecule has 2 aliphatic carbocycles. The van der Waals surface area contributed by atoms with Gasteiger partial charge >= 0.3 is 0 Å². The predicted octanol–water partition coefficient (Wildman–Crippen LogP) is 4.79. The van der Waals surface area contributed by atoms with Gasteiger partial charge in [0.1, 0.15) is 0 Å². The maximum Gasteiger partial charge on any atom is 0.0203 e. The van der Waals surface area contributed by atoms with Gasteiger partial charge in [0.05, 0.1) is 0 Å². The quantitative estimate of drug-likeness (QED) is 0.555. The predicted molar refractivity (Wildman–Crippen MR) is 70.1 cm³/mol. The van der Waals surface area contributed by atoms with Crippen LogP contribution in [0, 0.1) is 29.6 Å². The maximum atomic E-state index is 3.59. The summed E-state index contributed by atoms with van der Waals surface area (Å²) in [6.07, 6.45) is 14.0. The smallest absolute Gasteiger partial charge is 0.0203 e. The van der Waals surface area contributed by atoms with Crippen molar-refractivity contribution >= 4 is 0 Å². The Morgan fingerprint density at radius 3 is 1.88 bits per heavy atom. The molecule has 0 unspecified atom stereocenters. The molecule has 0 amide bonds. The summed E-state index contributed by atoms with van der Waals surface area (Å²) >= 11 is 0. The fourth-order valence-electron chi connectivity index (χ4n) is 3.20. The summed E-state index contributed by atoms with van der Waals surface area (Å²) in [4.78, 5) is 0. The van der Waals surface area contributed by atoms with Gasteiger partial charge in [-0.2, -0.15) is 0 Å². The van der Waals surface area contributed by atoms with Crippen molar-refractivity contribution in [3.8, 4) is 11.8 Å². The van der Waals surface area contributed by atoms with Crippen LogP contribution in [0.15, 0.2) is 0 Å². The van der Waals surface area contributed by atoms with Gasteiger partial charge in [-0.1, -0.05) is 44.4 Å². The van der Waals surface area contributed by atoms with E-state index in [2.05, 4.69) is 18.8 Å². The highest BCUT2D eigenvalue weighted by Crippen LogP contribution is 2.30. The highest BCUT2D eigenvalue weighted by Gasteiger charge is 2.18. The summed E-state index contributed by atoms with van der Waals surface area (Å²) in [5, 5.41) is 0. The lowest BCUT2D eigenvalue weighted by Crippen LogP contribution is -2.13. The van der Waals surface area contributed by atoms with Crippen LogP contribution in [-0.2, 0) is 0 Å². The van der Waals surface area contributed by atoms with E-state index in [1.54, 1.807) is 0 Å². The van der Waals surface area contributed by atoms with Crippen LogP contribution in [0.5, 0.6) is 0 Å². The molecule has 0 aliphatic heterocycles. The first-order valence-electron chi connectivity index (χ1n) is 7.39. The zero-order valence-corrected chi connectivity index (χ0v) is 10.8. The Labute approximate surface area is 101 Å². The summed E-state index contributed by atoms with van der Waals surface area (Å²) in [6.45, 7) is 2.33. The minimum atomic E-state index is 0.740. The van der Waals surface area contributed by atoms with Crippen molar-refractivity contribution in [2.24, 2.45) is 17.8 Å². The molecule has 0 aromatic heterocycles. The van der Waals surface area contributed by atoms with Gasteiger partial charge < -0.3 is 0 Å². The van der Waals surface area contributed by atoms with E-state index in [0.717, 1.165) is 17.8 Å². The summed E-state index contributed by atoms with van der Waals surface area (Å²) in [6, 6.07) is 0. The second-order valence-corrected chi connectivity index (χ2v) is 5.75. The number of hydrogen-bond donors (Lipinski definition) is 0. The topological polar surface area (TPSA) is 0 Å². The Balaban J connectivity index is 1.75. The first-order valence-corrected chi connectivity index (χ1v) is 7.39. The lowest BCUT2D eigenvalue weighted by Gasteiger charge is -2.24. The highest BCUT2D eigenvalue weighted by molar-refractivity contribution is 5.08. The molecule has 90 valence electrons. The van der Waals surface area contributed by atoms with Crippen molar-refractivity contribution in [3.05, 3.63) is 0 Å². The van der Waals surface area contributed by atoms with Crippen LogP contribution in [0.4, 0.5) is 0 Å². The average Bonchev–Trinajstić information content (AvgIpc) is 2.38. The van der Waals surface area contributed by atoms with Gasteiger partial charge in [-0.05, 0) is 44.4 Å². The molecule has 0 saturated heterocycles. The SMILES string of the molecule is CCC1CCC(C#CC2CCCCC2)CC1. The summed E-state index contributed by atoms with van der Waals surface area (Å²) in [7, 11) is 0. The Kier molecular flexibility index (Phi) is 4.76. The van der Waals surface area contributed by atoms with Crippen LogP contribution in [0.1, 0.15) is 71.1 Å². The summed E-state index contributed by atoms with van der Waals surface area (Å²) in [5.74, 6) is 9.66. The molecule has 0 nitrogen and oxygen atoms in total. The van der Waals surface area contributed by atoms with Crippen LogP contribution in [-0.4, -0.2) is 0 Å². The van der Waals surface area contributed by atoms with Gasteiger partial charge in [0.2, 0.25) is 0 Å². The van der Waals surface area contributed by atoms with Gasteiger partial charge in [-0.3, -0.25) is 0 Å². The second-order valence-electron chi connectivity index (χ2n) is 5.75. The minimum absolute atomic E-state index is 0.740. The van der Waals surface area contributed by atoms with E-state index in [-0.39, 0.29) is 0 Å². The van der Waals surface area contributed by atoms with E-state index < -0.39 is 0 Å². The minimum Gasteiger partial charge on any atom is -0.0996 e. The van der Waals surface area contributed by atoms with Crippen LogP contribution in [0.2, 0.25) is 0 Å². The lowest BCUT2D eigenvalue weighted by atomic mass is 9.80. The molecule has 2 aliphatic rings. The Hall–Kier alpha value is -0.440. The van der Waals surface area contributed by atoms with Gasteiger partial charge in [0.25, 0.3) is 0 Å². The molecule has 0 spiro atoms. The summed E-state index contributed by atoms with van der Waals surface area (Å²) in [5.41, 5.74) is 0. The third-order valence-electron chi connectivity index (χ3n) is 4.52. The molecule has 2 rings (SSSR count). The highest BCUT2D eigenvalue weighted by atomic mass is 14.2. The third kappa shape index (κ3) is 3.55. The van der Waals surface area contributed by atoms with Crippen molar-refractivity contribution in [2.75, 3.05) is 0 Å². The lowest BCUT2D eigenvalue weighted by molar-refractivity contribution is 0.309. The van der Waals surface area contributed by atoms with E-state index in [4.69, 9.17) is 0 Å². The van der Waals surface area contributed by atoms with E-state index in [9.17, 15) is 0 Å². The van der Waals surface area contributed by atoms with Crippen molar-refractivity contribution in [1.82, 2.24) is 0 Å². The fraction of sp³-hybridized carbons (Fsp3) is 0.875. The molecule has 0 aromatic rings. The van der Waals surface area contributed by atoms with Gasteiger partial charge in [0.15, 0.2) is 0 Å². The van der Waals surface area contributed by atoms with Crippen molar-refractivity contribution in [3.63, 3.8) is 0 Å². The molecular weight excluding hydrogens is 192 g/mol. The monoisotopic (exact) mass is 218 g/mol. The molecule has 0 atom stereocenters. The van der Waals surface area contributed by atoms with Gasteiger partial charge in [-0.15, -0.1) is 0 Å². The molecule has 0 bridgehead atoms. The van der Waals surface area contributed by atoms with Crippen LogP contribution in [0.25, 0.3) is 0 Å². The summed E-state index contributed by atoms with van der Waals surface area (Å²) < 4.78 is 0. The first kappa shape index (κ1) is 12.0. The van der Waals surface area contributed by atoms with E-state index in [0.29, 0.717) is 0 Å². The third-order valence-corrected chi connectivity index (χ3v) is 4.52. The molecule has 2 saturated carbocycles. The normalized spacial score (nSPS) is 31.8. The molecule has 0 aromatic carbocycles. The van der Waals surface area contributed by atoms with E-state index >= 15 is 0 Å². The molecule has 0 N–H and O–H groups in total. The van der Waals surface area contributed by atoms with Crippen LogP contribution < -0.4 is 0 Å². The number of hydrogen-bond acceptors (Lipinski definition) is 0. The van der Waals surface area contributed by atoms with Crippen LogP contribution in [0.3, 0.4) is 0 Å². The fourth-order valence-corrected chi connectivity index (χ4v) is 3.20. The molecular formula is C16H26. The molecule has 2 fully saturated rings. The maximum absolute atomic E-state index is 3.59. The molecule has 16 heavy (non-hydrogen) atoms. The Morgan fingerprint density at radius 2 is 1.31 bits per heavy atom. The zero-order chi connectivity index (χ0) is 11.2. The van der Waals surface area contributed by atoms with E-state index in [1.165, 1.54) is 64.2 Å². The zero-order valence-electron chi connectivity index (χ0n) is 10.8. The van der Waals surface area contributed by atoms with Crippen molar-refractivity contribution in [1.29, 1.82) is 0 Å². The largest absolute Gasteiger partial charge is 0.0996 e. The molecule has 0 heteroatoms. The molecule has 0 heterocycles. The number of rotatable bonds is 1. The van der Waals surface area contributed by atoms with Gasteiger partial charge in [0, 0.05) is 11.8 Å². The van der Waals surface area contributed by atoms with Crippen molar-refractivity contribution in [2.45, 2.75) is 71.1 Å². The first-order chi connectivity index (χ1) is 7.88. The standard InChI is InChI=1S/C16H26/c1-2-14-8-10-16(11-9-14)13-12-15-6-4-3-5-7-15/h14-16H,2-11H2,1H3. The van der Waals surface area contributed by atoms with E-state index in [1.807, 2.05) is 0 Å². The second kappa shape index (κ2) is 6.33. The molecule has 0 radical (unpaired) electrons. The Morgan fingerprint density at radius 1 is 0.750 bits per heavy atom. The Bertz CT molecular complexity index is 241. The average molecular weight is 218 g/mol. The van der Waals surface area contributed by atoms with Gasteiger partial charge in [-0.25, -0.2) is 0 Å². The van der Waals surface area contributed by atoms with Crippen LogP contribution >= 0.6 is 0 Å². The van der Waals surface area contributed by atoms with Crippen molar-refractivity contribution < 1.29 is 0 Å².